The highest BCUT2D eigenvalue weighted by Gasteiger charge is 2.48. The number of anilines is 2. The summed E-state index contributed by atoms with van der Waals surface area (Å²) in [6, 6.07) is 6.91. The van der Waals surface area contributed by atoms with Crippen molar-refractivity contribution in [3.63, 3.8) is 0 Å². The Kier molecular flexibility index (Phi) is 10.2. The van der Waals surface area contributed by atoms with Crippen molar-refractivity contribution in [3.8, 4) is 17.5 Å². The maximum Gasteiger partial charge on any atom is 0.343 e. The van der Waals surface area contributed by atoms with Crippen molar-refractivity contribution in [2.24, 2.45) is 34.5 Å². The van der Waals surface area contributed by atoms with Crippen LogP contribution in [0.1, 0.15) is 102 Å². The minimum atomic E-state index is -2.71. The number of carboxylic acids is 1. The van der Waals surface area contributed by atoms with E-state index < -0.39 is 41.1 Å². The Hall–Kier alpha value is -4.22. The first-order valence-electron chi connectivity index (χ1n) is 17.1. The van der Waals surface area contributed by atoms with Crippen LogP contribution in [0.5, 0.6) is 0 Å². The van der Waals surface area contributed by atoms with Gasteiger partial charge in [0.2, 0.25) is 5.91 Å². The Bertz CT molecular complexity index is 1850. The number of carboxylic acid groups (broad SMARTS) is 1. The molecule has 13 nitrogen and oxygen atoms in total. The van der Waals surface area contributed by atoms with Gasteiger partial charge in [-0.15, -0.1) is 5.10 Å². The number of carbonyl (C=O) groups is 3. The van der Waals surface area contributed by atoms with Gasteiger partial charge in [0.05, 0.1) is 22.9 Å². The van der Waals surface area contributed by atoms with Crippen molar-refractivity contribution in [1.29, 1.82) is 5.26 Å². The number of fused-ring (bicyclic) bond motifs is 1. The molecule has 1 saturated carbocycles. The number of esters is 1. The number of nitrogens with one attached hydrogen (secondary N) is 1. The van der Waals surface area contributed by atoms with Crippen molar-refractivity contribution >= 4 is 46.1 Å². The number of hydrogen-bond acceptors (Lipinski definition) is 9. The monoisotopic (exact) mass is 707 g/mol. The van der Waals surface area contributed by atoms with Gasteiger partial charge in [-0.1, -0.05) is 48.5 Å². The molecule has 0 amide bonds. The molecule has 3 heterocycles. The van der Waals surface area contributed by atoms with Gasteiger partial charge >= 0.3 is 11.9 Å². The van der Waals surface area contributed by atoms with E-state index in [1.807, 2.05) is 4.90 Å². The molecule has 1 aliphatic carbocycles. The quantitative estimate of drug-likeness (QED) is 0.214. The lowest BCUT2D eigenvalue weighted by Gasteiger charge is -2.50. The van der Waals surface area contributed by atoms with Crippen molar-refractivity contribution in [2.75, 3.05) is 22.7 Å². The van der Waals surface area contributed by atoms with Gasteiger partial charge in [0.25, 0.3) is 0 Å². The molecule has 0 spiro atoms. The number of piperidine rings is 1. The summed E-state index contributed by atoms with van der Waals surface area (Å²) in [5.41, 5.74) is 0.701. The Labute approximate surface area is 295 Å². The molecular formula is C36H47N6O7S-. The molecular weight excluding hydrogens is 660 g/mol. The van der Waals surface area contributed by atoms with E-state index in [4.69, 9.17) is 4.74 Å². The highest BCUT2D eigenvalue weighted by Crippen LogP contribution is 2.50. The fourth-order valence-electron chi connectivity index (χ4n) is 7.86. The van der Waals surface area contributed by atoms with E-state index in [2.05, 4.69) is 64.4 Å². The maximum atomic E-state index is 14.3. The average Bonchev–Trinajstić information content (AvgIpc) is 3.56. The molecule has 2 fully saturated rings. The summed E-state index contributed by atoms with van der Waals surface area (Å²) >= 11 is -2.71. The van der Waals surface area contributed by atoms with Gasteiger partial charge in [-0.25, -0.2) is 13.9 Å². The molecule has 1 saturated heterocycles. The van der Waals surface area contributed by atoms with Gasteiger partial charge in [0.15, 0.2) is 11.5 Å². The molecule has 14 heteroatoms. The number of nitriles is 1. The number of carbonyl (C=O) groups excluding carboxylic acids is 2. The molecule has 4 unspecified atom stereocenters. The molecule has 2 N–H and O–H groups in total. The number of aliphatic carboxylic acids is 1. The summed E-state index contributed by atoms with van der Waals surface area (Å²) in [6.45, 7) is 17.2. The topological polar surface area (TPSA) is 182 Å². The minimum Gasteiger partial charge on any atom is -0.755 e. The zero-order chi connectivity index (χ0) is 36.9. The fourth-order valence-corrected chi connectivity index (χ4v) is 8.21. The second-order valence-corrected chi connectivity index (χ2v) is 16.7. The first-order chi connectivity index (χ1) is 23.3. The van der Waals surface area contributed by atoms with E-state index in [-0.39, 0.29) is 57.5 Å². The van der Waals surface area contributed by atoms with E-state index in [9.17, 15) is 33.5 Å². The molecule has 2 aliphatic rings. The highest BCUT2D eigenvalue weighted by molar-refractivity contribution is 7.80. The van der Waals surface area contributed by atoms with E-state index in [1.165, 1.54) is 28.3 Å². The highest BCUT2D eigenvalue weighted by atomic mass is 32.2. The summed E-state index contributed by atoms with van der Waals surface area (Å²) in [5.74, 6) is -2.05. The van der Waals surface area contributed by atoms with Crippen molar-refractivity contribution in [1.82, 2.24) is 14.2 Å². The Morgan fingerprint density at radius 3 is 2.30 bits per heavy atom. The van der Waals surface area contributed by atoms with Crippen LogP contribution >= 0.6 is 0 Å². The second-order valence-electron chi connectivity index (χ2n) is 16.1. The van der Waals surface area contributed by atoms with Crippen LogP contribution < -0.4 is 9.62 Å². The summed E-state index contributed by atoms with van der Waals surface area (Å²) < 4.78 is 35.1. The number of hydrogen-bond donors (Lipinski definition) is 2. The lowest BCUT2D eigenvalue weighted by atomic mass is 9.59. The first kappa shape index (κ1) is 37.0. The van der Waals surface area contributed by atoms with Gasteiger partial charge in [-0.2, -0.15) is 5.26 Å². The SMILES string of the molecule is CC(=O)n1c(-c2ccc(N3CCCC(C(=O)O)C3)c(NS(=O)[O-])c2)nn2cc(C#N)c(C(=O)OC3C(C(C)(C)C)CC(C)CC3C(C)(C)C)c12. The molecule has 50 heavy (non-hydrogen) atoms. The van der Waals surface area contributed by atoms with Crippen LogP contribution in [0.25, 0.3) is 17.0 Å². The smallest absolute Gasteiger partial charge is 0.343 e. The summed E-state index contributed by atoms with van der Waals surface area (Å²) in [7, 11) is 0. The number of ether oxygens (including phenoxy) is 1. The average molecular weight is 708 g/mol. The van der Waals surface area contributed by atoms with Crippen LogP contribution in [0.4, 0.5) is 11.4 Å². The summed E-state index contributed by atoms with van der Waals surface area (Å²) in [5, 5.41) is 24.3. The van der Waals surface area contributed by atoms with Crippen LogP contribution in [0.15, 0.2) is 24.4 Å². The molecule has 0 bridgehead atoms. The van der Waals surface area contributed by atoms with E-state index in [0.717, 1.165) is 12.8 Å². The van der Waals surface area contributed by atoms with Crippen LogP contribution in [0.2, 0.25) is 0 Å². The lowest BCUT2D eigenvalue weighted by Crippen LogP contribution is -2.49. The van der Waals surface area contributed by atoms with Gasteiger partial charge in [-0.3, -0.25) is 13.8 Å². The van der Waals surface area contributed by atoms with Gasteiger partial charge in [0, 0.05) is 54.9 Å². The van der Waals surface area contributed by atoms with Crippen LogP contribution in [-0.2, 0) is 20.8 Å². The Balaban J connectivity index is 1.61. The number of benzene rings is 1. The second kappa shape index (κ2) is 13.8. The predicted molar refractivity (Wildman–Crippen MR) is 188 cm³/mol. The molecule has 5 rings (SSSR count). The Morgan fingerprint density at radius 1 is 1.12 bits per heavy atom. The molecule has 2 aromatic heterocycles. The van der Waals surface area contributed by atoms with Crippen LogP contribution in [0, 0.1) is 45.8 Å². The summed E-state index contributed by atoms with van der Waals surface area (Å²) in [6.07, 6.45) is 3.86. The van der Waals surface area contributed by atoms with Crippen molar-refractivity contribution in [3.05, 3.63) is 35.5 Å². The molecule has 1 aromatic carbocycles. The van der Waals surface area contributed by atoms with Gasteiger partial charge in [-0.05, 0) is 60.6 Å². The normalized spacial score (nSPS) is 23.7. The molecule has 270 valence electrons. The lowest BCUT2D eigenvalue weighted by molar-refractivity contribution is -0.141. The zero-order valence-electron chi connectivity index (χ0n) is 30.0. The summed E-state index contributed by atoms with van der Waals surface area (Å²) in [4.78, 5) is 41.2. The third-order valence-corrected chi connectivity index (χ3v) is 10.7. The number of rotatable bonds is 7. The van der Waals surface area contributed by atoms with Crippen LogP contribution in [0.3, 0.4) is 0 Å². The molecule has 1 aliphatic heterocycles. The van der Waals surface area contributed by atoms with Crippen LogP contribution in [-0.4, -0.2) is 65.1 Å². The minimum absolute atomic E-state index is 0.0142. The number of aromatic nitrogens is 3. The van der Waals surface area contributed by atoms with Gasteiger partial charge in [0.1, 0.15) is 17.7 Å². The van der Waals surface area contributed by atoms with E-state index in [1.54, 1.807) is 12.1 Å². The molecule has 0 radical (unpaired) electrons. The van der Waals surface area contributed by atoms with Gasteiger partial charge < -0.3 is 24.0 Å². The maximum absolute atomic E-state index is 14.3. The van der Waals surface area contributed by atoms with Crippen molar-refractivity contribution < 1.29 is 33.0 Å². The Morgan fingerprint density at radius 2 is 1.76 bits per heavy atom. The zero-order valence-corrected chi connectivity index (χ0v) is 30.8. The standard InChI is InChI=1S/C36H48N6O7S/c1-20-14-25(35(3,4)5)30(26(15-20)36(6,7)8)49-34(46)29-24(17-37)19-41-32(29)42(21(2)43)31(38-41)22-11-12-28(27(16-22)39-50(47)48)40-13-9-10-23(18-40)33(44)45/h11-12,16,19-20,23,25-26,30,39H,9-10,13-15,18H2,1-8H3,(H,44,45)(H,47,48)/p-1. The third-order valence-electron chi connectivity index (χ3n) is 10.4. The molecule has 3 aromatic rings. The molecule has 4 atom stereocenters. The van der Waals surface area contributed by atoms with Crippen molar-refractivity contribution in [2.45, 2.75) is 87.2 Å². The first-order valence-corrected chi connectivity index (χ1v) is 18.1. The largest absolute Gasteiger partial charge is 0.755 e. The van der Waals surface area contributed by atoms with E-state index in [0.29, 0.717) is 36.6 Å². The third kappa shape index (κ3) is 7.30. The van der Waals surface area contributed by atoms with E-state index >= 15 is 0 Å². The number of nitrogens with zero attached hydrogens (tertiary/aromatic N) is 5. The fraction of sp³-hybridized carbons (Fsp3) is 0.583. The predicted octanol–water partition coefficient (Wildman–Crippen LogP) is 6.12.